The lowest BCUT2D eigenvalue weighted by atomic mass is 10.1. The molecule has 3 aromatic carbocycles. The third-order valence-corrected chi connectivity index (χ3v) is 4.61. The minimum Gasteiger partial charge on any atom is -0.768 e. The second-order valence-corrected chi connectivity index (χ2v) is 7.01. The zero-order chi connectivity index (χ0) is 19.2. The normalized spacial score (nSPS) is 11.6. The molecule has 0 aliphatic heterocycles. The van der Waals surface area contributed by atoms with Crippen LogP contribution in [0.3, 0.4) is 0 Å². The maximum atomic E-state index is 12.0. The number of hydrogen-bond donors (Lipinski definition) is 1. The fourth-order valence-electron chi connectivity index (χ4n) is 2.41. The molecule has 3 aromatic rings. The molecule has 0 aliphatic rings. The number of rotatable bonds is 6. The summed E-state index contributed by atoms with van der Waals surface area (Å²) in [4.78, 5) is 12.2. The highest BCUT2D eigenvalue weighted by Crippen LogP contribution is 2.23. The van der Waals surface area contributed by atoms with Gasteiger partial charge in [0.15, 0.2) is 6.61 Å². The number of carbonyl (C=O) groups excluding carboxylic acids is 1. The molecule has 27 heavy (non-hydrogen) atoms. The Morgan fingerprint density at radius 1 is 1.00 bits per heavy atom. The van der Waals surface area contributed by atoms with Gasteiger partial charge in [-0.25, -0.2) is 0 Å². The van der Waals surface area contributed by atoms with Crippen LogP contribution in [-0.4, -0.2) is 21.3 Å². The Balaban J connectivity index is 1.58. The van der Waals surface area contributed by atoms with Crippen LogP contribution in [0.1, 0.15) is 0 Å². The van der Waals surface area contributed by atoms with Gasteiger partial charge in [0.2, 0.25) is 0 Å². The van der Waals surface area contributed by atoms with Crippen LogP contribution in [0.2, 0.25) is 5.02 Å². The summed E-state index contributed by atoms with van der Waals surface area (Å²) in [5.74, 6) is 0.237. The molecule has 0 fully saturated rings. The van der Waals surface area contributed by atoms with Crippen LogP contribution in [0, 0.1) is 0 Å². The fourth-order valence-corrected chi connectivity index (χ4v) is 2.95. The molecule has 1 N–H and O–H groups in total. The Morgan fingerprint density at radius 3 is 2.22 bits per heavy atom. The van der Waals surface area contributed by atoms with Gasteiger partial charge >= 0.3 is 0 Å². The summed E-state index contributed by atoms with van der Waals surface area (Å²) >= 11 is 3.63. The molecule has 0 saturated carbocycles. The lowest BCUT2D eigenvalue weighted by Crippen LogP contribution is -2.20. The Morgan fingerprint density at radius 2 is 1.63 bits per heavy atom. The van der Waals surface area contributed by atoms with Crippen molar-refractivity contribution in [3.05, 3.63) is 77.8 Å². The molecule has 0 saturated heterocycles. The number of amides is 1. The smallest absolute Gasteiger partial charge is 0.262 e. The first kappa shape index (κ1) is 19.1. The highest BCUT2D eigenvalue weighted by Gasteiger charge is 2.05. The molecule has 0 spiro atoms. The molecule has 1 amide bonds. The van der Waals surface area contributed by atoms with Gasteiger partial charge in [-0.1, -0.05) is 41.9 Å². The second kappa shape index (κ2) is 8.81. The van der Waals surface area contributed by atoms with E-state index in [9.17, 15) is 13.6 Å². The largest absolute Gasteiger partial charge is 0.768 e. The van der Waals surface area contributed by atoms with E-state index in [1.807, 2.05) is 12.1 Å². The summed E-state index contributed by atoms with van der Waals surface area (Å²) in [5, 5.41) is 3.29. The van der Waals surface area contributed by atoms with E-state index in [0.29, 0.717) is 16.5 Å². The minimum atomic E-state index is -2.24. The predicted octanol–water partition coefficient (Wildman–Crippen LogP) is 4.26. The van der Waals surface area contributed by atoms with Gasteiger partial charge in [0, 0.05) is 15.6 Å². The van der Waals surface area contributed by atoms with E-state index < -0.39 is 11.1 Å². The van der Waals surface area contributed by atoms with Crippen LogP contribution in [0.5, 0.6) is 5.75 Å². The van der Waals surface area contributed by atoms with Crippen molar-refractivity contribution in [1.29, 1.82) is 0 Å². The summed E-state index contributed by atoms with van der Waals surface area (Å²) in [6.45, 7) is -0.129. The molecule has 0 radical (unpaired) electrons. The molecule has 0 heterocycles. The molecular weight excluding hydrogens is 386 g/mol. The van der Waals surface area contributed by atoms with Gasteiger partial charge in [0.1, 0.15) is 5.75 Å². The van der Waals surface area contributed by atoms with Crippen LogP contribution >= 0.6 is 11.6 Å². The average molecular weight is 401 g/mol. The zero-order valence-electron chi connectivity index (χ0n) is 14.1. The van der Waals surface area contributed by atoms with E-state index in [4.69, 9.17) is 16.3 Å². The third kappa shape index (κ3) is 5.40. The number of nitrogens with one attached hydrogen (secondary N) is 1. The van der Waals surface area contributed by atoms with Crippen molar-refractivity contribution in [3.63, 3.8) is 0 Å². The maximum Gasteiger partial charge on any atom is 0.262 e. The third-order valence-electron chi connectivity index (χ3n) is 3.71. The van der Waals surface area contributed by atoms with Crippen molar-refractivity contribution < 1.29 is 18.3 Å². The number of carbonyl (C=O) groups is 1. The van der Waals surface area contributed by atoms with Gasteiger partial charge in [-0.05, 0) is 64.7 Å². The molecule has 0 aliphatic carbocycles. The highest BCUT2D eigenvalue weighted by molar-refractivity contribution is 7.79. The topological polar surface area (TPSA) is 78.5 Å². The van der Waals surface area contributed by atoms with Gasteiger partial charge < -0.3 is 14.6 Å². The summed E-state index contributed by atoms with van der Waals surface area (Å²) in [5.41, 5.74) is 2.42. The Bertz CT molecular complexity index is 958. The van der Waals surface area contributed by atoms with Crippen LogP contribution in [0.4, 0.5) is 5.69 Å². The quantitative estimate of drug-likeness (QED) is 0.627. The molecule has 0 aromatic heterocycles. The average Bonchev–Trinajstić information content (AvgIpc) is 2.67. The van der Waals surface area contributed by atoms with Gasteiger partial charge in [-0.3, -0.25) is 9.00 Å². The van der Waals surface area contributed by atoms with Gasteiger partial charge in [0.25, 0.3) is 5.91 Å². The Labute approximate surface area is 164 Å². The number of benzene rings is 3. The molecule has 7 heteroatoms. The molecule has 0 bridgehead atoms. The van der Waals surface area contributed by atoms with Crippen molar-refractivity contribution in [2.24, 2.45) is 0 Å². The first-order valence-corrected chi connectivity index (χ1v) is 9.44. The monoisotopic (exact) mass is 400 g/mol. The SMILES string of the molecule is O=C(COc1cccc(Cl)c1)Nc1ccc(-c2ccc(S(=O)[O-])cc2)cc1. The van der Waals surface area contributed by atoms with E-state index in [1.165, 1.54) is 0 Å². The lowest BCUT2D eigenvalue weighted by Gasteiger charge is -2.09. The van der Waals surface area contributed by atoms with Crippen LogP contribution in [-0.2, 0) is 15.9 Å². The molecule has 1 atom stereocenters. The van der Waals surface area contributed by atoms with E-state index in [1.54, 1.807) is 60.7 Å². The molecule has 3 rings (SSSR count). The zero-order valence-corrected chi connectivity index (χ0v) is 15.6. The molecule has 138 valence electrons. The number of anilines is 1. The van der Waals surface area contributed by atoms with E-state index in [0.717, 1.165) is 11.1 Å². The summed E-state index contributed by atoms with van der Waals surface area (Å²) in [7, 11) is 0. The van der Waals surface area contributed by atoms with Crippen LogP contribution in [0.25, 0.3) is 11.1 Å². The molecular formula is C20H15ClNO4S-. The van der Waals surface area contributed by atoms with E-state index in [2.05, 4.69) is 5.32 Å². The van der Waals surface area contributed by atoms with Crippen molar-refractivity contribution in [2.75, 3.05) is 11.9 Å². The van der Waals surface area contributed by atoms with Crippen molar-refractivity contribution in [2.45, 2.75) is 4.90 Å². The maximum absolute atomic E-state index is 12.0. The van der Waals surface area contributed by atoms with E-state index >= 15 is 0 Å². The predicted molar refractivity (Wildman–Crippen MR) is 105 cm³/mol. The van der Waals surface area contributed by atoms with Crippen LogP contribution < -0.4 is 10.1 Å². The fraction of sp³-hybridized carbons (Fsp3) is 0.0500. The van der Waals surface area contributed by atoms with Gasteiger partial charge in [-0.2, -0.15) is 0 Å². The summed E-state index contributed by atoms with van der Waals surface area (Å²) < 4.78 is 27.2. The first-order chi connectivity index (χ1) is 13.0. The van der Waals surface area contributed by atoms with Crippen molar-refractivity contribution in [3.8, 4) is 16.9 Å². The van der Waals surface area contributed by atoms with Crippen LogP contribution in [0.15, 0.2) is 77.7 Å². The number of halogens is 1. The van der Waals surface area contributed by atoms with Gasteiger partial charge in [0.05, 0.1) is 0 Å². The molecule has 1 unspecified atom stereocenters. The first-order valence-electron chi connectivity index (χ1n) is 7.99. The second-order valence-electron chi connectivity index (χ2n) is 5.63. The molecule has 5 nitrogen and oxygen atoms in total. The summed E-state index contributed by atoms with van der Waals surface area (Å²) in [6.07, 6.45) is 0. The standard InChI is InChI=1S/C20H16ClNO4S/c21-16-2-1-3-18(12-16)26-13-20(23)22-17-8-4-14(5-9-17)15-6-10-19(11-7-15)27(24)25/h1-12H,13H2,(H,22,23)(H,24,25)/p-1. The van der Waals surface area contributed by atoms with Gasteiger partial charge in [-0.15, -0.1) is 0 Å². The lowest BCUT2D eigenvalue weighted by molar-refractivity contribution is -0.118. The highest BCUT2D eigenvalue weighted by atomic mass is 35.5. The number of ether oxygens (including phenoxy) is 1. The Hall–Kier alpha value is -2.67. The summed E-state index contributed by atoms with van der Waals surface area (Å²) in [6, 6.07) is 20.6. The number of hydrogen-bond acceptors (Lipinski definition) is 4. The minimum absolute atomic E-state index is 0.129. The Kier molecular flexibility index (Phi) is 6.24. The van der Waals surface area contributed by atoms with Crippen molar-refractivity contribution >= 4 is 34.3 Å². The van der Waals surface area contributed by atoms with E-state index in [-0.39, 0.29) is 17.4 Å². The van der Waals surface area contributed by atoms with Crippen molar-refractivity contribution in [1.82, 2.24) is 0 Å².